The number of likely N-dealkylation sites (tertiary alicyclic amines) is 1. The molecule has 0 bridgehead atoms. The van der Waals surface area contributed by atoms with Crippen LogP contribution >= 0.6 is 23.2 Å². The molecule has 0 N–H and O–H groups in total. The Morgan fingerprint density at radius 1 is 1.19 bits per heavy atom. The molecule has 27 heavy (non-hydrogen) atoms. The van der Waals surface area contributed by atoms with Crippen LogP contribution in [0.25, 0.3) is 11.0 Å². The molecule has 4 rings (SSSR count). The van der Waals surface area contributed by atoms with E-state index in [1.807, 2.05) is 45.9 Å². The van der Waals surface area contributed by atoms with Crippen LogP contribution in [-0.4, -0.2) is 26.9 Å². The maximum absolute atomic E-state index is 13.2. The average Bonchev–Trinajstić information content (AvgIpc) is 3.29. The molecular formula is C21H21Cl2N3O. The van der Waals surface area contributed by atoms with Gasteiger partial charge in [0.15, 0.2) is 0 Å². The smallest absolute Gasteiger partial charge is 0.243 e. The molecule has 1 saturated heterocycles. The van der Waals surface area contributed by atoms with Gasteiger partial charge in [0, 0.05) is 13.0 Å². The third-order valence-electron chi connectivity index (χ3n) is 5.24. The minimum Gasteiger partial charge on any atom is -0.334 e. The molecule has 1 aliphatic heterocycles. The zero-order valence-corrected chi connectivity index (χ0v) is 16.7. The Morgan fingerprint density at radius 3 is 2.78 bits per heavy atom. The number of carbonyl (C=O) groups is 1. The van der Waals surface area contributed by atoms with Crippen molar-refractivity contribution in [2.75, 3.05) is 6.54 Å². The molecule has 0 spiro atoms. The van der Waals surface area contributed by atoms with Crippen molar-refractivity contribution < 1.29 is 4.79 Å². The summed E-state index contributed by atoms with van der Waals surface area (Å²) in [5.74, 6) is 1.05. The second-order valence-electron chi connectivity index (χ2n) is 6.88. The number of rotatable bonds is 4. The van der Waals surface area contributed by atoms with Crippen LogP contribution in [0.3, 0.4) is 0 Å². The summed E-state index contributed by atoms with van der Waals surface area (Å²) >= 11 is 12.2. The molecule has 4 nitrogen and oxygen atoms in total. The molecule has 2 aromatic carbocycles. The first-order valence-electron chi connectivity index (χ1n) is 9.27. The van der Waals surface area contributed by atoms with E-state index >= 15 is 0 Å². The summed E-state index contributed by atoms with van der Waals surface area (Å²) < 4.78 is 2.04. The molecule has 6 heteroatoms. The number of nitrogens with zero attached hydrogens (tertiary/aromatic N) is 3. The Hall–Kier alpha value is -2.04. The van der Waals surface area contributed by atoms with Crippen molar-refractivity contribution in [3.63, 3.8) is 0 Å². The number of para-hydroxylation sites is 2. The molecule has 1 atom stereocenters. The highest BCUT2D eigenvalue weighted by atomic mass is 35.5. The Bertz CT molecular complexity index is 998. The van der Waals surface area contributed by atoms with E-state index in [2.05, 4.69) is 11.9 Å². The van der Waals surface area contributed by atoms with E-state index in [0.717, 1.165) is 48.2 Å². The number of hydrogen-bond acceptors (Lipinski definition) is 2. The highest BCUT2D eigenvalue weighted by Crippen LogP contribution is 2.35. The SMILES string of the molecule is CCc1nc2ccccc2n1CC(=O)N1CCCC1c1ccc(Cl)c(Cl)c1. The highest BCUT2D eigenvalue weighted by molar-refractivity contribution is 6.42. The van der Waals surface area contributed by atoms with Gasteiger partial charge in [-0.05, 0) is 42.7 Å². The fourth-order valence-corrected chi connectivity index (χ4v) is 4.24. The lowest BCUT2D eigenvalue weighted by molar-refractivity contribution is -0.132. The summed E-state index contributed by atoms with van der Waals surface area (Å²) in [6.45, 7) is 3.13. The van der Waals surface area contributed by atoms with Gasteiger partial charge >= 0.3 is 0 Å². The molecule has 1 aromatic heterocycles. The van der Waals surface area contributed by atoms with Gasteiger partial charge in [0.25, 0.3) is 0 Å². The Kier molecular flexibility index (Phi) is 5.11. The molecule has 1 aliphatic rings. The van der Waals surface area contributed by atoms with Gasteiger partial charge in [0.1, 0.15) is 12.4 Å². The predicted octanol–water partition coefficient (Wildman–Crippen LogP) is 5.27. The summed E-state index contributed by atoms with van der Waals surface area (Å²) in [4.78, 5) is 19.8. The van der Waals surface area contributed by atoms with E-state index in [4.69, 9.17) is 23.2 Å². The Balaban J connectivity index is 1.62. The molecule has 1 unspecified atom stereocenters. The Morgan fingerprint density at radius 2 is 2.00 bits per heavy atom. The maximum atomic E-state index is 13.2. The van der Waals surface area contributed by atoms with Gasteiger partial charge < -0.3 is 9.47 Å². The summed E-state index contributed by atoms with van der Waals surface area (Å²) in [5, 5.41) is 1.07. The lowest BCUT2D eigenvalue weighted by Gasteiger charge is -2.26. The van der Waals surface area contributed by atoms with E-state index in [0.29, 0.717) is 16.6 Å². The fourth-order valence-electron chi connectivity index (χ4n) is 3.93. The number of aromatic nitrogens is 2. The van der Waals surface area contributed by atoms with Crippen molar-refractivity contribution in [2.24, 2.45) is 0 Å². The molecule has 0 radical (unpaired) electrons. The van der Waals surface area contributed by atoms with Gasteiger partial charge in [0.2, 0.25) is 5.91 Å². The zero-order valence-electron chi connectivity index (χ0n) is 15.2. The number of benzene rings is 2. The molecular weight excluding hydrogens is 381 g/mol. The number of fused-ring (bicyclic) bond motifs is 1. The minimum absolute atomic E-state index is 0.0483. The van der Waals surface area contributed by atoms with Gasteiger partial charge in [-0.15, -0.1) is 0 Å². The van der Waals surface area contributed by atoms with Crippen LogP contribution in [0.2, 0.25) is 10.0 Å². The Labute approximate surface area is 168 Å². The average molecular weight is 402 g/mol. The third-order valence-corrected chi connectivity index (χ3v) is 5.98. The van der Waals surface area contributed by atoms with Crippen LogP contribution in [0.15, 0.2) is 42.5 Å². The normalized spacial score (nSPS) is 17.0. The third kappa shape index (κ3) is 3.44. The van der Waals surface area contributed by atoms with Crippen molar-refractivity contribution in [1.29, 1.82) is 0 Å². The molecule has 0 aliphatic carbocycles. The lowest BCUT2D eigenvalue weighted by Crippen LogP contribution is -2.33. The molecule has 3 aromatic rings. The first kappa shape index (κ1) is 18.3. The van der Waals surface area contributed by atoms with Crippen LogP contribution in [0, 0.1) is 0 Å². The number of hydrogen-bond donors (Lipinski definition) is 0. The molecule has 1 fully saturated rings. The largest absolute Gasteiger partial charge is 0.334 e. The van der Waals surface area contributed by atoms with Gasteiger partial charge in [0.05, 0.1) is 27.1 Å². The van der Waals surface area contributed by atoms with Crippen molar-refractivity contribution in [1.82, 2.24) is 14.5 Å². The highest BCUT2D eigenvalue weighted by Gasteiger charge is 2.30. The molecule has 2 heterocycles. The van der Waals surface area contributed by atoms with Crippen LogP contribution in [0.4, 0.5) is 0 Å². The quantitative estimate of drug-likeness (QED) is 0.596. The summed E-state index contributed by atoms with van der Waals surface area (Å²) in [6.07, 6.45) is 2.72. The van der Waals surface area contributed by atoms with Crippen LogP contribution in [0.1, 0.15) is 37.2 Å². The van der Waals surface area contributed by atoms with E-state index in [-0.39, 0.29) is 11.9 Å². The second-order valence-corrected chi connectivity index (χ2v) is 7.69. The number of imidazole rings is 1. The van der Waals surface area contributed by atoms with E-state index in [9.17, 15) is 4.79 Å². The van der Waals surface area contributed by atoms with Crippen molar-refractivity contribution >= 4 is 40.1 Å². The topological polar surface area (TPSA) is 38.1 Å². The first-order valence-corrected chi connectivity index (χ1v) is 10.0. The fraction of sp³-hybridized carbons (Fsp3) is 0.333. The molecule has 1 amide bonds. The van der Waals surface area contributed by atoms with Crippen LogP contribution < -0.4 is 0 Å². The van der Waals surface area contributed by atoms with Crippen molar-refractivity contribution in [2.45, 2.75) is 38.8 Å². The second kappa shape index (κ2) is 7.53. The first-order chi connectivity index (χ1) is 13.1. The van der Waals surface area contributed by atoms with E-state index in [1.165, 1.54) is 0 Å². The minimum atomic E-state index is 0.0483. The van der Waals surface area contributed by atoms with Crippen LogP contribution in [-0.2, 0) is 17.8 Å². The number of halogens is 2. The standard InChI is InChI=1S/C21H21Cl2N3O/c1-2-20-24-17-6-3-4-7-19(17)26(20)13-21(27)25-11-5-8-18(25)14-9-10-15(22)16(23)12-14/h3-4,6-7,9-10,12,18H,2,5,8,11,13H2,1H3. The summed E-state index contributed by atoms with van der Waals surface area (Å²) in [5.41, 5.74) is 2.99. The maximum Gasteiger partial charge on any atom is 0.243 e. The summed E-state index contributed by atoms with van der Waals surface area (Å²) in [7, 11) is 0. The van der Waals surface area contributed by atoms with E-state index < -0.39 is 0 Å². The van der Waals surface area contributed by atoms with Gasteiger partial charge in [-0.3, -0.25) is 4.79 Å². The summed E-state index contributed by atoms with van der Waals surface area (Å²) in [6, 6.07) is 13.7. The van der Waals surface area contributed by atoms with Crippen molar-refractivity contribution in [3.8, 4) is 0 Å². The zero-order chi connectivity index (χ0) is 19.0. The van der Waals surface area contributed by atoms with Gasteiger partial charge in [-0.1, -0.05) is 48.3 Å². The molecule has 140 valence electrons. The number of aryl methyl sites for hydroxylation is 1. The number of carbonyl (C=O) groups excluding carboxylic acids is 1. The molecule has 0 saturated carbocycles. The predicted molar refractivity (Wildman–Crippen MR) is 109 cm³/mol. The lowest BCUT2D eigenvalue weighted by atomic mass is 10.0. The number of amides is 1. The van der Waals surface area contributed by atoms with Gasteiger partial charge in [-0.25, -0.2) is 4.98 Å². The monoisotopic (exact) mass is 401 g/mol. The van der Waals surface area contributed by atoms with Crippen LogP contribution in [0.5, 0.6) is 0 Å². The van der Waals surface area contributed by atoms with Crippen molar-refractivity contribution in [3.05, 3.63) is 63.9 Å². The van der Waals surface area contributed by atoms with E-state index in [1.54, 1.807) is 6.07 Å². The van der Waals surface area contributed by atoms with Gasteiger partial charge in [-0.2, -0.15) is 0 Å².